The minimum Gasteiger partial charge on any atom is -0.481 e. The fourth-order valence-corrected chi connectivity index (χ4v) is 5.08. The summed E-state index contributed by atoms with van der Waals surface area (Å²) in [4.78, 5) is 19.7. The van der Waals surface area contributed by atoms with E-state index in [1.165, 1.54) is 89.9 Å². The highest BCUT2D eigenvalue weighted by atomic mass is 32.2. The maximum absolute atomic E-state index is 11.4. The third-order valence-electron chi connectivity index (χ3n) is 5.26. The van der Waals surface area contributed by atoms with E-state index in [0.29, 0.717) is 25.3 Å². The van der Waals surface area contributed by atoms with Crippen LogP contribution in [0, 0.1) is 0 Å². The molecule has 0 heterocycles. The average Bonchev–Trinajstić information content (AvgIpc) is 2.73. The van der Waals surface area contributed by atoms with E-state index >= 15 is 0 Å². The van der Waals surface area contributed by atoms with Crippen molar-refractivity contribution in [1.82, 2.24) is 0 Å². The van der Waals surface area contributed by atoms with E-state index in [4.69, 9.17) is 9.84 Å². The lowest BCUT2D eigenvalue weighted by molar-refractivity contribution is -0.134. The largest absolute Gasteiger partial charge is 0.481 e. The van der Waals surface area contributed by atoms with Crippen LogP contribution in [0.3, 0.4) is 0 Å². The van der Waals surface area contributed by atoms with Crippen LogP contribution >= 0.6 is 19.6 Å². The number of carboxylic acids is 1. The maximum atomic E-state index is 11.4. The molecule has 0 spiro atoms. The summed E-state index contributed by atoms with van der Waals surface area (Å²) in [6, 6.07) is 0. The number of carboxylic acid groups (broad SMARTS) is 1. The summed E-state index contributed by atoms with van der Waals surface area (Å²) in [5.41, 5.74) is -1.03. The van der Waals surface area contributed by atoms with E-state index in [0.717, 1.165) is 12.8 Å². The molecular weight excluding hydrogens is 451 g/mol. The van der Waals surface area contributed by atoms with Crippen LogP contribution in [0.4, 0.5) is 0 Å². The lowest BCUT2D eigenvalue weighted by Gasteiger charge is -2.12. The van der Waals surface area contributed by atoms with Gasteiger partial charge in [-0.05, 0) is 6.42 Å². The summed E-state index contributed by atoms with van der Waals surface area (Å²) in [6.07, 6.45) is 20.5. The summed E-state index contributed by atoms with van der Waals surface area (Å²) >= 11 is 0.414. The zero-order valence-corrected chi connectivity index (χ0v) is 21.8. The SMILES string of the molecule is CCCCCCCCCCCCCCCCCCOCCC(O)SOP(=O)(O)CC(=O)O. The predicted octanol–water partition coefficient (Wildman–Crippen LogP) is 6.91. The van der Waals surface area contributed by atoms with Gasteiger partial charge in [0.2, 0.25) is 0 Å². The third-order valence-corrected chi connectivity index (χ3v) is 7.66. The second-order valence-corrected chi connectivity index (χ2v) is 11.4. The van der Waals surface area contributed by atoms with Crippen LogP contribution in [0.2, 0.25) is 0 Å². The Morgan fingerprint density at radius 2 is 1.25 bits per heavy atom. The van der Waals surface area contributed by atoms with Gasteiger partial charge in [-0.2, -0.15) is 0 Å². The van der Waals surface area contributed by atoms with Crippen molar-refractivity contribution < 1.29 is 33.2 Å². The van der Waals surface area contributed by atoms with Crippen molar-refractivity contribution >= 4 is 25.6 Å². The molecule has 0 saturated carbocycles. The van der Waals surface area contributed by atoms with Crippen LogP contribution in [-0.4, -0.2) is 45.9 Å². The zero-order chi connectivity index (χ0) is 23.9. The van der Waals surface area contributed by atoms with Crippen LogP contribution in [0.1, 0.15) is 116 Å². The number of hydrogen-bond acceptors (Lipinski definition) is 6. The summed E-state index contributed by atoms with van der Waals surface area (Å²) < 4.78 is 21.4. The summed E-state index contributed by atoms with van der Waals surface area (Å²) in [5.74, 6) is -1.42. The van der Waals surface area contributed by atoms with Gasteiger partial charge in [-0.1, -0.05) is 103 Å². The molecule has 0 rings (SSSR count). The molecule has 3 N–H and O–H groups in total. The Labute approximate surface area is 199 Å². The number of aliphatic hydroxyl groups is 1. The number of rotatable bonds is 25. The Hall–Kier alpha value is -0.110. The van der Waals surface area contributed by atoms with Crippen molar-refractivity contribution in [3.8, 4) is 0 Å². The Morgan fingerprint density at radius 3 is 1.69 bits per heavy atom. The van der Waals surface area contributed by atoms with Gasteiger partial charge in [-0.3, -0.25) is 9.36 Å². The first-order chi connectivity index (χ1) is 15.4. The first-order valence-electron chi connectivity index (χ1n) is 12.5. The van der Waals surface area contributed by atoms with E-state index in [-0.39, 0.29) is 6.42 Å². The van der Waals surface area contributed by atoms with Crippen LogP contribution in [0.15, 0.2) is 0 Å². The summed E-state index contributed by atoms with van der Waals surface area (Å²) in [7, 11) is -4.22. The van der Waals surface area contributed by atoms with Gasteiger partial charge in [0.1, 0.15) is 11.6 Å². The molecule has 0 aliphatic heterocycles. The van der Waals surface area contributed by atoms with Crippen LogP contribution in [0.25, 0.3) is 0 Å². The zero-order valence-electron chi connectivity index (χ0n) is 20.0. The fraction of sp³-hybridized carbons (Fsp3) is 0.957. The Morgan fingerprint density at radius 1 is 0.812 bits per heavy atom. The smallest absolute Gasteiger partial charge is 0.350 e. The maximum Gasteiger partial charge on any atom is 0.350 e. The van der Waals surface area contributed by atoms with E-state index in [1.807, 2.05) is 0 Å². The second-order valence-electron chi connectivity index (χ2n) is 8.52. The van der Waals surface area contributed by atoms with Gasteiger partial charge in [0.15, 0.2) is 0 Å². The summed E-state index contributed by atoms with van der Waals surface area (Å²) in [5, 5.41) is 18.2. The van der Waals surface area contributed by atoms with Crippen molar-refractivity contribution in [2.45, 2.75) is 122 Å². The lowest BCUT2D eigenvalue weighted by Crippen LogP contribution is -2.09. The molecule has 0 aromatic carbocycles. The van der Waals surface area contributed by atoms with E-state index < -0.39 is 25.2 Å². The van der Waals surface area contributed by atoms with Crippen molar-refractivity contribution in [3.63, 3.8) is 0 Å². The number of aliphatic hydroxyl groups excluding tert-OH is 1. The molecule has 192 valence electrons. The normalized spacial score (nSPS) is 14.3. The highest BCUT2D eigenvalue weighted by Gasteiger charge is 2.25. The third kappa shape index (κ3) is 24.5. The predicted molar refractivity (Wildman–Crippen MR) is 132 cm³/mol. The lowest BCUT2D eigenvalue weighted by atomic mass is 10.0. The molecule has 0 aliphatic carbocycles. The van der Waals surface area contributed by atoms with Crippen molar-refractivity contribution in [1.29, 1.82) is 0 Å². The quantitative estimate of drug-likeness (QED) is 0.0538. The van der Waals surface area contributed by atoms with Crippen LogP contribution in [0.5, 0.6) is 0 Å². The molecule has 32 heavy (non-hydrogen) atoms. The minimum absolute atomic E-state index is 0.247. The molecule has 0 aliphatic rings. The van der Waals surface area contributed by atoms with Crippen molar-refractivity contribution in [2.24, 2.45) is 0 Å². The van der Waals surface area contributed by atoms with Crippen LogP contribution in [-0.2, 0) is 18.1 Å². The minimum atomic E-state index is -4.22. The first-order valence-corrected chi connectivity index (χ1v) is 15.1. The number of hydrogen-bond donors (Lipinski definition) is 3. The van der Waals surface area contributed by atoms with Gasteiger partial charge in [-0.25, -0.2) is 3.97 Å². The molecule has 0 radical (unpaired) electrons. The molecule has 2 unspecified atom stereocenters. The molecule has 0 bridgehead atoms. The number of unbranched alkanes of at least 4 members (excludes halogenated alkanes) is 15. The van der Waals surface area contributed by atoms with E-state index in [2.05, 4.69) is 10.9 Å². The number of carbonyl (C=O) groups is 1. The molecule has 2 atom stereocenters. The van der Waals surface area contributed by atoms with Crippen LogP contribution < -0.4 is 0 Å². The van der Waals surface area contributed by atoms with Gasteiger partial charge in [0.25, 0.3) is 0 Å². The van der Waals surface area contributed by atoms with Gasteiger partial charge in [0, 0.05) is 31.7 Å². The topological polar surface area (TPSA) is 113 Å². The van der Waals surface area contributed by atoms with Gasteiger partial charge < -0.3 is 19.8 Å². The monoisotopic (exact) mass is 498 g/mol. The van der Waals surface area contributed by atoms with Gasteiger partial charge >= 0.3 is 13.6 Å². The Bertz CT molecular complexity index is 479. The van der Waals surface area contributed by atoms with E-state index in [1.54, 1.807) is 0 Å². The molecular formula is C23H47O7PS. The molecule has 0 saturated heterocycles. The fourth-order valence-electron chi connectivity index (χ4n) is 3.40. The summed E-state index contributed by atoms with van der Waals surface area (Å²) in [6.45, 7) is 3.22. The Kier molecular flexibility index (Phi) is 22.6. The second kappa shape index (κ2) is 22.7. The first kappa shape index (κ1) is 31.9. The molecule has 7 nitrogen and oxygen atoms in total. The molecule has 0 aromatic rings. The van der Waals surface area contributed by atoms with Crippen molar-refractivity contribution in [2.75, 3.05) is 19.4 Å². The Balaban J connectivity index is 3.26. The molecule has 0 fully saturated rings. The molecule has 0 aromatic heterocycles. The molecule has 9 heteroatoms. The highest BCUT2D eigenvalue weighted by molar-refractivity contribution is 7.98. The standard InChI is InChI=1S/C23H47O7PS/c1-2-3-4-5-6-7-8-9-10-11-12-13-14-15-16-17-19-29-20-18-23(26)32-30-31(27,28)21-22(24)25/h23,26H,2-21H2,1H3,(H,24,25)(H,27,28). The van der Waals surface area contributed by atoms with E-state index in [9.17, 15) is 19.4 Å². The van der Waals surface area contributed by atoms with Gasteiger partial charge in [0.05, 0.1) is 0 Å². The highest BCUT2D eigenvalue weighted by Crippen LogP contribution is 2.46. The number of aliphatic carboxylic acids is 1. The van der Waals surface area contributed by atoms with Crippen molar-refractivity contribution in [3.05, 3.63) is 0 Å². The van der Waals surface area contributed by atoms with Gasteiger partial charge in [-0.15, -0.1) is 0 Å². The number of ether oxygens (including phenoxy) is 1. The average molecular weight is 499 g/mol. The molecule has 0 amide bonds.